The lowest BCUT2D eigenvalue weighted by Gasteiger charge is -2.26. The van der Waals surface area contributed by atoms with Crippen LogP contribution in [-0.4, -0.2) is 55.2 Å². The third kappa shape index (κ3) is 5.99. The van der Waals surface area contributed by atoms with Gasteiger partial charge in [-0.3, -0.25) is 9.69 Å². The zero-order valence-electron chi connectivity index (χ0n) is 13.3. The smallest absolute Gasteiger partial charge is 0.224 e. The third-order valence-corrected chi connectivity index (χ3v) is 3.64. The summed E-state index contributed by atoms with van der Waals surface area (Å²) in [5.74, 6) is 0.886. The van der Waals surface area contributed by atoms with Gasteiger partial charge in [-0.25, -0.2) is 4.98 Å². The van der Waals surface area contributed by atoms with Crippen molar-refractivity contribution in [3.05, 3.63) is 18.3 Å². The van der Waals surface area contributed by atoms with Crippen molar-refractivity contribution in [2.24, 2.45) is 0 Å². The van der Waals surface area contributed by atoms with Crippen LogP contribution < -0.4 is 10.6 Å². The summed E-state index contributed by atoms with van der Waals surface area (Å²) >= 11 is 0. The van der Waals surface area contributed by atoms with E-state index >= 15 is 0 Å². The highest BCUT2D eigenvalue weighted by molar-refractivity contribution is 5.90. The van der Waals surface area contributed by atoms with Crippen molar-refractivity contribution in [3.8, 4) is 0 Å². The van der Waals surface area contributed by atoms with Crippen LogP contribution in [0.2, 0.25) is 0 Å². The predicted octanol–water partition coefficient (Wildman–Crippen LogP) is 1.95. The first-order valence-electron chi connectivity index (χ1n) is 8.08. The zero-order valence-corrected chi connectivity index (χ0v) is 13.3. The monoisotopic (exact) mass is 306 g/mol. The van der Waals surface area contributed by atoms with Crippen molar-refractivity contribution in [2.45, 2.75) is 26.2 Å². The van der Waals surface area contributed by atoms with Gasteiger partial charge in [-0.1, -0.05) is 13.3 Å². The fraction of sp³-hybridized carbons (Fsp3) is 0.625. The van der Waals surface area contributed by atoms with Gasteiger partial charge in [0.2, 0.25) is 5.91 Å². The van der Waals surface area contributed by atoms with Crippen LogP contribution in [0, 0.1) is 0 Å². The van der Waals surface area contributed by atoms with Gasteiger partial charge in [0.25, 0.3) is 0 Å². The standard InChI is InChI=1S/C16H26N4O2/c1-2-3-4-16(21)19-14-5-6-15(18-13-14)17-7-8-20-9-11-22-12-10-20/h5-6,13H,2-4,7-12H2,1H3,(H,17,18)(H,19,21). The number of pyridine rings is 1. The van der Waals surface area contributed by atoms with E-state index in [1.807, 2.05) is 12.1 Å². The highest BCUT2D eigenvalue weighted by Crippen LogP contribution is 2.10. The van der Waals surface area contributed by atoms with E-state index < -0.39 is 0 Å². The molecule has 1 aromatic rings. The van der Waals surface area contributed by atoms with Crippen LogP contribution >= 0.6 is 0 Å². The van der Waals surface area contributed by atoms with E-state index in [-0.39, 0.29) is 5.91 Å². The minimum atomic E-state index is 0.0525. The van der Waals surface area contributed by atoms with Gasteiger partial charge < -0.3 is 15.4 Å². The second-order valence-corrected chi connectivity index (χ2v) is 5.46. The molecular weight excluding hydrogens is 280 g/mol. The molecule has 0 bridgehead atoms. The van der Waals surface area contributed by atoms with Gasteiger partial charge >= 0.3 is 0 Å². The van der Waals surface area contributed by atoms with Crippen LogP contribution in [0.5, 0.6) is 0 Å². The van der Waals surface area contributed by atoms with E-state index in [1.54, 1.807) is 6.20 Å². The Balaban J connectivity index is 1.68. The lowest BCUT2D eigenvalue weighted by Crippen LogP contribution is -2.39. The van der Waals surface area contributed by atoms with E-state index in [2.05, 4.69) is 27.4 Å². The maximum Gasteiger partial charge on any atom is 0.224 e. The summed E-state index contributed by atoms with van der Waals surface area (Å²) in [6, 6.07) is 3.78. The lowest BCUT2D eigenvalue weighted by atomic mass is 10.2. The van der Waals surface area contributed by atoms with Gasteiger partial charge in [0, 0.05) is 32.6 Å². The number of carbonyl (C=O) groups is 1. The Labute approximate surface area is 132 Å². The number of rotatable bonds is 8. The van der Waals surface area contributed by atoms with Crippen molar-refractivity contribution < 1.29 is 9.53 Å². The molecule has 0 spiro atoms. The summed E-state index contributed by atoms with van der Waals surface area (Å²) < 4.78 is 5.32. The Morgan fingerprint density at radius 2 is 2.18 bits per heavy atom. The van der Waals surface area contributed by atoms with Crippen molar-refractivity contribution >= 4 is 17.4 Å². The van der Waals surface area contributed by atoms with Crippen LogP contribution in [-0.2, 0) is 9.53 Å². The topological polar surface area (TPSA) is 66.5 Å². The zero-order chi connectivity index (χ0) is 15.6. The highest BCUT2D eigenvalue weighted by atomic mass is 16.5. The number of hydrogen-bond acceptors (Lipinski definition) is 5. The molecule has 6 nitrogen and oxygen atoms in total. The van der Waals surface area contributed by atoms with Crippen LogP contribution in [0.15, 0.2) is 18.3 Å². The Hall–Kier alpha value is -1.66. The molecule has 1 aliphatic rings. The first kappa shape index (κ1) is 16.7. The normalized spacial score (nSPS) is 15.5. The molecule has 0 unspecified atom stereocenters. The maximum absolute atomic E-state index is 11.6. The van der Waals surface area contributed by atoms with Crippen LogP contribution in [0.4, 0.5) is 11.5 Å². The first-order valence-corrected chi connectivity index (χ1v) is 8.08. The number of anilines is 2. The van der Waals surface area contributed by atoms with Gasteiger partial charge in [-0.05, 0) is 18.6 Å². The average Bonchev–Trinajstić information content (AvgIpc) is 2.55. The van der Waals surface area contributed by atoms with Gasteiger partial charge in [-0.2, -0.15) is 0 Å². The molecule has 1 saturated heterocycles. The minimum Gasteiger partial charge on any atom is -0.379 e. The Morgan fingerprint density at radius 1 is 1.36 bits per heavy atom. The molecule has 2 rings (SSSR count). The number of carbonyl (C=O) groups excluding carboxylic acids is 1. The fourth-order valence-electron chi connectivity index (χ4n) is 2.30. The molecule has 6 heteroatoms. The maximum atomic E-state index is 11.6. The summed E-state index contributed by atoms with van der Waals surface area (Å²) in [5.41, 5.74) is 0.750. The summed E-state index contributed by atoms with van der Waals surface area (Å²) in [5, 5.41) is 6.16. The SMILES string of the molecule is CCCCC(=O)Nc1ccc(NCCN2CCOCC2)nc1. The number of ether oxygens (including phenoxy) is 1. The molecule has 1 fully saturated rings. The van der Waals surface area contributed by atoms with Crippen molar-refractivity contribution in [2.75, 3.05) is 50.0 Å². The van der Waals surface area contributed by atoms with Gasteiger partial charge in [0.1, 0.15) is 5.82 Å². The second-order valence-electron chi connectivity index (χ2n) is 5.46. The lowest BCUT2D eigenvalue weighted by molar-refractivity contribution is -0.116. The van der Waals surface area contributed by atoms with Gasteiger partial charge in [0.15, 0.2) is 0 Å². The molecule has 0 radical (unpaired) electrons. The van der Waals surface area contributed by atoms with Crippen LogP contribution in [0.3, 0.4) is 0 Å². The number of amides is 1. The first-order chi connectivity index (χ1) is 10.8. The summed E-state index contributed by atoms with van der Waals surface area (Å²) in [6.07, 6.45) is 4.20. The molecule has 0 aliphatic carbocycles. The molecule has 2 heterocycles. The molecule has 122 valence electrons. The number of hydrogen-bond donors (Lipinski definition) is 2. The minimum absolute atomic E-state index is 0.0525. The van der Waals surface area contributed by atoms with Crippen LogP contribution in [0.25, 0.3) is 0 Å². The average molecular weight is 306 g/mol. The number of nitrogens with one attached hydrogen (secondary N) is 2. The highest BCUT2D eigenvalue weighted by Gasteiger charge is 2.09. The summed E-state index contributed by atoms with van der Waals surface area (Å²) in [4.78, 5) is 18.3. The van der Waals surface area contributed by atoms with Gasteiger partial charge in [-0.15, -0.1) is 0 Å². The Bertz CT molecular complexity index is 444. The number of morpholine rings is 1. The third-order valence-electron chi connectivity index (χ3n) is 3.64. The molecule has 1 aromatic heterocycles. The molecule has 1 aliphatic heterocycles. The van der Waals surface area contributed by atoms with Crippen LogP contribution in [0.1, 0.15) is 26.2 Å². The van der Waals surface area contributed by atoms with E-state index in [4.69, 9.17) is 4.74 Å². The largest absolute Gasteiger partial charge is 0.379 e. The van der Waals surface area contributed by atoms with Crippen molar-refractivity contribution in [3.63, 3.8) is 0 Å². The Morgan fingerprint density at radius 3 is 2.86 bits per heavy atom. The van der Waals surface area contributed by atoms with E-state index in [9.17, 15) is 4.79 Å². The second kappa shape index (κ2) is 9.38. The molecule has 1 amide bonds. The van der Waals surface area contributed by atoms with E-state index in [0.717, 1.165) is 63.7 Å². The molecule has 0 saturated carbocycles. The Kier molecular flexibility index (Phi) is 7.12. The number of unbranched alkanes of at least 4 members (excludes halogenated alkanes) is 1. The molecule has 0 atom stereocenters. The predicted molar refractivity (Wildman–Crippen MR) is 88.1 cm³/mol. The molecule has 0 aromatic carbocycles. The molecule has 2 N–H and O–H groups in total. The van der Waals surface area contributed by atoms with Gasteiger partial charge in [0.05, 0.1) is 25.1 Å². The fourth-order valence-corrected chi connectivity index (χ4v) is 2.30. The van der Waals surface area contributed by atoms with E-state index in [1.165, 1.54) is 0 Å². The van der Waals surface area contributed by atoms with Crippen molar-refractivity contribution in [1.82, 2.24) is 9.88 Å². The quantitative estimate of drug-likeness (QED) is 0.768. The van der Waals surface area contributed by atoms with E-state index in [0.29, 0.717) is 6.42 Å². The number of aromatic nitrogens is 1. The summed E-state index contributed by atoms with van der Waals surface area (Å²) in [6.45, 7) is 7.56. The van der Waals surface area contributed by atoms with Crippen molar-refractivity contribution in [1.29, 1.82) is 0 Å². The molecular formula is C16H26N4O2. The summed E-state index contributed by atoms with van der Waals surface area (Å²) in [7, 11) is 0. The number of nitrogens with zero attached hydrogens (tertiary/aromatic N) is 2. The molecule has 22 heavy (non-hydrogen) atoms.